The molecule has 1 atom stereocenters. The molecule has 1 heterocycles. The standard InChI is InChI=1S/C10H15NO2/c1-5-8-6-7-11(8)9(12)13-10(2,3)4/h1,8H,6-7H2,2-4H3. The summed E-state index contributed by atoms with van der Waals surface area (Å²) in [5, 5.41) is 0. The predicted molar refractivity (Wildman–Crippen MR) is 50.2 cm³/mol. The zero-order valence-electron chi connectivity index (χ0n) is 8.33. The number of rotatable bonds is 0. The summed E-state index contributed by atoms with van der Waals surface area (Å²) >= 11 is 0. The summed E-state index contributed by atoms with van der Waals surface area (Å²) in [5.74, 6) is 2.54. The lowest BCUT2D eigenvalue weighted by Crippen LogP contribution is -2.51. The quantitative estimate of drug-likeness (QED) is 0.531. The molecule has 1 rings (SSSR count). The van der Waals surface area contributed by atoms with Gasteiger partial charge in [-0.3, -0.25) is 4.90 Å². The van der Waals surface area contributed by atoms with Crippen LogP contribution in [0.25, 0.3) is 0 Å². The van der Waals surface area contributed by atoms with E-state index in [1.807, 2.05) is 20.8 Å². The molecule has 0 saturated carbocycles. The van der Waals surface area contributed by atoms with Crippen molar-refractivity contribution in [3.8, 4) is 12.3 Å². The Kier molecular flexibility index (Phi) is 2.51. The van der Waals surface area contributed by atoms with Gasteiger partial charge in [-0.15, -0.1) is 6.42 Å². The zero-order chi connectivity index (χ0) is 10.1. The number of hydrogen-bond donors (Lipinski definition) is 0. The van der Waals surface area contributed by atoms with E-state index in [9.17, 15) is 4.79 Å². The zero-order valence-corrected chi connectivity index (χ0v) is 8.33. The van der Waals surface area contributed by atoms with Crippen LogP contribution in [0.2, 0.25) is 0 Å². The predicted octanol–water partition coefficient (Wildman–Crippen LogP) is 1.63. The molecule has 1 amide bonds. The molecule has 0 aromatic heterocycles. The number of carbonyl (C=O) groups excluding carboxylic acids is 1. The van der Waals surface area contributed by atoms with Crippen molar-refractivity contribution >= 4 is 6.09 Å². The average Bonchev–Trinajstić information content (AvgIpc) is 1.80. The number of carbonyl (C=O) groups is 1. The molecule has 1 saturated heterocycles. The second-order valence-corrected chi connectivity index (χ2v) is 4.14. The lowest BCUT2D eigenvalue weighted by molar-refractivity contribution is 0.00420. The van der Waals surface area contributed by atoms with E-state index >= 15 is 0 Å². The van der Waals surface area contributed by atoms with Gasteiger partial charge < -0.3 is 4.74 Å². The highest BCUT2D eigenvalue weighted by Crippen LogP contribution is 2.20. The number of ether oxygens (including phenoxy) is 1. The van der Waals surface area contributed by atoms with Gasteiger partial charge in [0.2, 0.25) is 0 Å². The second kappa shape index (κ2) is 3.29. The van der Waals surface area contributed by atoms with Crippen LogP contribution in [0.5, 0.6) is 0 Å². The van der Waals surface area contributed by atoms with E-state index in [0.717, 1.165) is 6.42 Å². The molecule has 13 heavy (non-hydrogen) atoms. The Morgan fingerprint density at radius 1 is 1.62 bits per heavy atom. The van der Waals surface area contributed by atoms with Gasteiger partial charge in [0.25, 0.3) is 0 Å². The Bertz CT molecular complexity index is 247. The van der Waals surface area contributed by atoms with E-state index in [1.54, 1.807) is 4.90 Å². The topological polar surface area (TPSA) is 29.5 Å². The first kappa shape index (κ1) is 9.91. The van der Waals surface area contributed by atoms with E-state index in [1.165, 1.54) is 0 Å². The maximum atomic E-state index is 11.4. The molecule has 0 aromatic rings. The lowest BCUT2D eigenvalue weighted by atomic mass is 10.1. The average molecular weight is 181 g/mol. The first-order valence-electron chi connectivity index (χ1n) is 4.40. The molecular weight excluding hydrogens is 166 g/mol. The van der Waals surface area contributed by atoms with Crippen LogP contribution in [0.1, 0.15) is 27.2 Å². The van der Waals surface area contributed by atoms with Gasteiger partial charge in [0.05, 0.1) is 6.04 Å². The Morgan fingerprint density at radius 3 is 2.54 bits per heavy atom. The minimum atomic E-state index is -0.439. The summed E-state index contributed by atoms with van der Waals surface area (Å²) in [4.78, 5) is 13.0. The van der Waals surface area contributed by atoms with Crippen molar-refractivity contribution < 1.29 is 9.53 Å². The first-order chi connectivity index (χ1) is 5.94. The van der Waals surface area contributed by atoms with E-state index < -0.39 is 5.60 Å². The third-order valence-corrected chi connectivity index (χ3v) is 1.84. The highest BCUT2D eigenvalue weighted by atomic mass is 16.6. The van der Waals surface area contributed by atoms with Crippen LogP contribution in [-0.2, 0) is 4.74 Å². The van der Waals surface area contributed by atoms with Gasteiger partial charge in [0.15, 0.2) is 0 Å². The van der Waals surface area contributed by atoms with Crippen molar-refractivity contribution in [3.05, 3.63) is 0 Å². The van der Waals surface area contributed by atoms with Crippen LogP contribution < -0.4 is 0 Å². The van der Waals surface area contributed by atoms with Crippen molar-refractivity contribution in [1.82, 2.24) is 4.90 Å². The number of terminal acetylenes is 1. The van der Waals surface area contributed by atoms with E-state index in [-0.39, 0.29) is 12.1 Å². The van der Waals surface area contributed by atoms with Gasteiger partial charge in [-0.2, -0.15) is 0 Å². The van der Waals surface area contributed by atoms with Crippen molar-refractivity contribution in [2.45, 2.75) is 38.8 Å². The molecule has 1 aliphatic rings. The Balaban J connectivity index is 2.46. The lowest BCUT2D eigenvalue weighted by Gasteiger charge is -2.38. The molecule has 3 heteroatoms. The van der Waals surface area contributed by atoms with E-state index in [0.29, 0.717) is 6.54 Å². The van der Waals surface area contributed by atoms with Crippen molar-refractivity contribution in [3.63, 3.8) is 0 Å². The molecule has 1 fully saturated rings. The van der Waals surface area contributed by atoms with E-state index in [2.05, 4.69) is 5.92 Å². The minimum Gasteiger partial charge on any atom is -0.444 e. The van der Waals surface area contributed by atoms with E-state index in [4.69, 9.17) is 11.2 Å². The summed E-state index contributed by atoms with van der Waals surface area (Å²) in [6.07, 6.45) is 5.81. The monoisotopic (exact) mass is 181 g/mol. The molecule has 0 bridgehead atoms. The maximum Gasteiger partial charge on any atom is 0.411 e. The fraction of sp³-hybridized carbons (Fsp3) is 0.700. The number of amides is 1. The van der Waals surface area contributed by atoms with Crippen LogP contribution in [0.4, 0.5) is 4.79 Å². The Labute approximate surface area is 79.1 Å². The highest BCUT2D eigenvalue weighted by molar-refractivity contribution is 5.70. The fourth-order valence-corrected chi connectivity index (χ4v) is 1.10. The molecule has 0 aromatic carbocycles. The van der Waals surface area contributed by atoms with Gasteiger partial charge >= 0.3 is 6.09 Å². The maximum absolute atomic E-state index is 11.4. The molecule has 1 aliphatic heterocycles. The van der Waals surface area contributed by atoms with Gasteiger partial charge in [-0.05, 0) is 27.2 Å². The van der Waals surface area contributed by atoms with Gasteiger partial charge in [-0.25, -0.2) is 4.79 Å². The van der Waals surface area contributed by atoms with Crippen LogP contribution in [0, 0.1) is 12.3 Å². The van der Waals surface area contributed by atoms with Gasteiger partial charge in [0, 0.05) is 6.54 Å². The molecule has 0 spiro atoms. The summed E-state index contributed by atoms with van der Waals surface area (Å²) in [7, 11) is 0. The Morgan fingerprint density at radius 2 is 2.23 bits per heavy atom. The number of nitrogens with zero attached hydrogens (tertiary/aromatic N) is 1. The van der Waals surface area contributed by atoms with Gasteiger partial charge in [-0.1, -0.05) is 5.92 Å². The number of likely N-dealkylation sites (tertiary alicyclic amines) is 1. The molecule has 0 radical (unpaired) electrons. The summed E-state index contributed by atoms with van der Waals surface area (Å²) in [6.45, 7) is 6.24. The van der Waals surface area contributed by atoms with Crippen LogP contribution >= 0.6 is 0 Å². The number of hydrogen-bond acceptors (Lipinski definition) is 2. The molecule has 3 nitrogen and oxygen atoms in total. The highest BCUT2D eigenvalue weighted by Gasteiger charge is 2.33. The van der Waals surface area contributed by atoms with Crippen LogP contribution in [-0.4, -0.2) is 29.2 Å². The summed E-state index contributed by atoms with van der Waals surface area (Å²) < 4.78 is 5.17. The van der Waals surface area contributed by atoms with Crippen LogP contribution in [0.15, 0.2) is 0 Å². The molecule has 0 N–H and O–H groups in total. The molecule has 1 unspecified atom stereocenters. The second-order valence-electron chi connectivity index (χ2n) is 4.14. The normalized spacial score (nSPS) is 21.7. The molecule has 0 aliphatic carbocycles. The third kappa shape index (κ3) is 2.38. The van der Waals surface area contributed by atoms with Crippen LogP contribution in [0.3, 0.4) is 0 Å². The molecular formula is C10H15NO2. The van der Waals surface area contributed by atoms with Crippen molar-refractivity contribution in [2.75, 3.05) is 6.54 Å². The summed E-state index contributed by atoms with van der Waals surface area (Å²) in [5.41, 5.74) is -0.439. The van der Waals surface area contributed by atoms with Crippen molar-refractivity contribution in [2.24, 2.45) is 0 Å². The van der Waals surface area contributed by atoms with Crippen molar-refractivity contribution in [1.29, 1.82) is 0 Å². The largest absolute Gasteiger partial charge is 0.444 e. The fourth-order valence-electron chi connectivity index (χ4n) is 1.10. The third-order valence-electron chi connectivity index (χ3n) is 1.84. The summed E-state index contributed by atoms with van der Waals surface area (Å²) in [6, 6.07) is -0.0603. The smallest absolute Gasteiger partial charge is 0.411 e. The SMILES string of the molecule is C#CC1CCN1C(=O)OC(C)(C)C. The van der Waals surface area contributed by atoms with Gasteiger partial charge in [0.1, 0.15) is 5.60 Å². The first-order valence-corrected chi connectivity index (χ1v) is 4.40. The minimum absolute atomic E-state index is 0.0603. The Hall–Kier alpha value is -1.17. The molecule has 72 valence electrons.